The Balaban J connectivity index is 2.12. The van der Waals surface area contributed by atoms with Gasteiger partial charge >= 0.3 is 0 Å². The number of carbonyl (C=O) groups is 1. The van der Waals surface area contributed by atoms with Gasteiger partial charge in [-0.3, -0.25) is 14.6 Å². The molecule has 0 aliphatic carbocycles. The van der Waals surface area contributed by atoms with Gasteiger partial charge in [-0.05, 0) is 47.5 Å². The van der Waals surface area contributed by atoms with Crippen molar-refractivity contribution in [2.45, 2.75) is 64.6 Å². The molecule has 0 atom stereocenters. The molecule has 104 valence electrons. The van der Waals surface area contributed by atoms with Crippen LogP contribution in [-0.2, 0) is 4.79 Å². The Morgan fingerprint density at radius 2 is 1.78 bits per heavy atom. The van der Waals surface area contributed by atoms with Crippen LogP contribution in [0.3, 0.4) is 0 Å². The van der Waals surface area contributed by atoms with Crippen LogP contribution in [-0.4, -0.2) is 52.6 Å². The van der Waals surface area contributed by atoms with Gasteiger partial charge in [-0.25, -0.2) is 0 Å². The number of likely N-dealkylation sites (tertiary alicyclic amines) is 1. The Morgan fingerprint density at radius 1 is 1.22 bits per heavy atom. The monoisotopic (exact) mass is 253 g/mol. The molecule has 1 spiro atoms. The van der Waals surface area contributed by atoms with Crippen LogP contribution < -0.4 is 5.32 Å². The van der Waals surface area contributed by atoms with E-state index in [0.717, 1.165) is 25.9 Å². The van der Waals surface area contributed by atoms with Crippen molar-refractivity contribution in [2.75, 3.05) is 19.8 Å². The Morgan fingerprint density at radius 3 is 2.22 bits per heavy atom. The molecule has 0 bridgehead atoms. The zero-order valence-corrected chi connectivity index (χ0v) is 12.4. The summed E-state index contributed by atoms with van der Waals surface area (Å²) in [6, 6.07) is 0.421. The van der Waals surface area contributed by atoms with Crippen molar-refractivity contribution < 1.29 is 4.79 Å². The van der Waals surface area contributed by atoms with E-state index < -0.39 is 0 Å². The molecule has 0 radical (unpaired) electrons. The Bertz CT molecular complexity index is 324. The van der Waals surface area contributed by atoms with Crippen LogP contribution in [0.5, 0.6) is 0 Å². The fourth-order valence-electron chi connectivity index (χ4n) is 3.34. The Labute approximate surface area is 111 Å². The van der Waals surface area contributed by atoms with E-state index in [1.807, 2.05) is 0 Å². The lowest BCUT2D eigenvalue weighted by Gasteiger charge is -2.47. The smallest absolute Gasteiger partial charge is 0.241 e. The molecule has 2 aliphatic heterocycles. The molecule has 2 fully saturated rings. The number of amides is 1. The molecule has 0 saturated carbocycles. The molecule has 2 heterocycles. The van der Waals surface area contributed by atoms with Gasteiger partial charge in [0.25, 0.3) is 0 Å². The Kier molecular flexibility index (Phi) is 3.45. The fraction of sp³-hybridized carbons (Fsp3) is 0.929. The molecule has 1 amide bonds. The lowest BCUT2D eigenvalue weighted by atomic mass is 9.83. The predicted octanol–water partition coefficient (Wildman–Crippen LogP) is 1.42. The number of piperidine rings is 1. The van der Waals surface area contributed by atoms with Crippen molar-refractivity contribution in [3.63, 3.8) is 0 Å². The minimum Gasteiger partial charge on any atom is -0.342 e. The normalized spacial score (nSPS) is 26.0. The third-order valence-electron chi connectivity index (χ3n) is 4.55. The zero-order valence-electron chi connectivity index (χ0n) is 12.4. The molecule has 4 nitrogen and oxygen atoms in total. The number of hydrogen-bond acceptors (Lipinski definition) is 3. The molecule has 2 rings (SSSR count). The van der Waals surface area contributed by atoms with Gasteiger partial charge in [0.05, 0.1) is 6.67 Å². The topological polar surface area (TPSA) is 35.6 Å². The summed E-state index contributed by atoms with van der Waals surface area (Å²) in [5.74, 6) is 0.241. The van der Waals surface area contributed by atoms with Gasteiger partial charge in [0.2, 0.25) is 5.91 Å². The summed E-state index contributed by atoms with van der Waals surface area (Å²) in [5.41, 5.74) is -0.0325. The molecule has 0 aromatic rings. The van der Waals surface area contributed by atoms with Crippen molar-refractivity contribution >= 4 is 5.91 Å². The van der Waals surface area contributed by atoms with Crippen LogP contribution in [0.2, 0.25) is 0 Å². The maximum absolute atomic E-state index is 12.3. The van der Waals surface area contributed by atoms with Crippen molar-refractivity contribution in [3.8, 4) is 0 Å². The lowest BCUT2D eigenvalue weighted by Crippen LogP contribution is -2.60. The summed E-state index contributed by atoms with van der Waals surface area (Å²) < 4.78 is 0. The van der Waals surface area contributed by atoms with E-state index >= 15 is 0 Å². The molecule has 2 saturated heterocycles. The molecule has 0 unspecified atom stereocenters. The highest BCUT2D eigenvalue weighted by Gasteiger charge is 2.51. The van der Waals surface area contributed by atoms with Gasteiger partial charge in [-0.15, -0.1) is 0 Å². The molecule has 4 heteroatoms. The fourth-order valence-corrected chi connectivity index (χ4v) is 3.34. The molecule has 18 heavy (non-hydrogen) atoms. The molecule has 0 aromatic heterocycles. The van der Waals surface area contributed by atoms with E-state index in [1.165, 1.54) is 0 Å². The highest BCUT2D eigenvalue weighted by Crippen LogP contribution is 2.35. The van der Waals surface area contributed by atoms with E-state index in [4.69, 9.17) is 0 Å². The minimum absolute atomic E-state index is 0.208. The van der Waals surface area contributed by atoms with Crippen LogP contribution in [0.1, 0.15) is 47.5 Å². The largest absolute Gasteiger partial charge is 0.342 e. The number of carbonyl (C=O) groups excluding carboxylic acids is 1. The standard InChI is InChI=1S/C14H27N3O/c1-11(2)17-10-15-12(18)14(17)6-8-16(9-7-14)13(3,4)5/h11H,6-10H2,1-5H3,(H,15,18). The summed E-state index contributed by atoms with van der Waals surface area (Å²) in [7, 11) is 0. The van der Waals surface area contributed by atoms with E-state index in [2.05, 4.69) is 49.7 Å². The lowest BCUT2D eigenvalue weighted by molar-refractivity contribution is -0.130. The van der Waals surface area contributed by atoms with Gasteiger partial charge in [0.15, 0.2) is 0 Å². The van der Waals surface area contributed by atoms with Gasteiger partial charge in [0.1, 0.15) is 5.54 Å². The average Bonchev–Trinajstić information content (AvgIpc) is 2.56. The van der Waals surface area contributed by atoms with Crippen LogP contribution in [0.25, 0.3) is 0 Å². The average molecular weight is 253 g/mol. The number of nitrogens with zero attached hydrogens (tertiary/aromatic N) is 2. The quantitative estimate of drug-likeness (QED) is 0.767. The van der Waals surface area contributed by atoms with Crippen LogP contribution in [0.4, 0.5) is 0 Å². The SMILES string of the molecule is CC(C)N1CNC(=O)C12CCN(C(C)(C)C)CC2. The highest BCUT2D eigenvalue weighted by atomic mass is 16.2. The van der Waals surface area contributed by atoms with Crippen molar-refractivity contribution in [1.82, 2.24) is 15.1 Å². The van der Waals surface area contributed by atoms with Gasteiger partial charge in [0, 0.05) is 24.7 Å². The van der Waals surface area contributed by atoms with E-state index in [-0.39, 0.29) is 17.0 Å². The number of nitrogens with one attached hydrogen (secondary N) is 1. The maximum atomic E-state index is 12.3. The van der Waals surface area contributed by atoms with Crippen molar-refractivity contribution in [2.24, 2.45) is 0 Å². The first-order valence-electron chi connectivity index (χ1n) is 7.07. The minimum atomic E-state index is -0.240. The molecule has 1 N–H and O–H groups in total. The summed E-state index contributed by atoms with van der Waals surface area (Å²) in [6.07, 6.45) is 1.91. The highest BCUT2D eigenvalue weighted by molar-refractivity contribution is 5.88. The van der Waals surface area contributed by atoms with Crippen LogP contribution in [0, 0.1) is 0 Å². The Hall–Kier alpha value is -0.610. The molecular formula is C14H27N3O. The number of hydrogen-bond donors (Lipinski definition) is 1. The van der Waals surface area contributed by atoms with Gasteiger partial charge < -0.3 is 5.32 Å². The third-order valence-corrected chi connectivity index (χ3v) is 4.55. The predicted molar refractivity (Wildman–Crippen MR) is 73.3 cm³/mol. The summed E-state index contributed by atoms with van der Waals surface area (Å²) in [4.78, 5) is 17.1. The summed E-state index contributed by atoms with van der Waals surface area (Å²) in [6.45, 7) is 13.8. The first-order valence-corrected chi connectivity index (χ1v) is 7.07. The number of rotatable bonds is 1. The second-order valence-corrected chi connectivity index (χ2v) is 6.92. The second-order valence-electron chi connectivity index (χ2n) is 6.92. The van der Waals surface area contributed by atoms with Crippen LogP contribution >= 0.6 is 0 Å². The van der Waals surface area contributed by atoms with Crippen LogP contribution in [0.15, 0.2) is 0 Å². The van der Waals surface area contributed by atoms with Crippen molar-refractivity contribution in [3.05, 3.63) is 0 Å². The zero-order chi connectivity index (χ0) is 13.6. The van der Waals surface area contributed by atoms with Crippen molar-refractivity contribution in [1.29, 1.82) is 0 Å². The molecule has 2 aliphatic rings. The van der Waals surface area contributed by atoms with Gasteiger partial charge in [-0.2, -0.15) is 0 Å². The summed E-state index contributed by atoms with van der Waals surface area (Å²) in [5, 5.41) is 3.03. The van der Waals surface area contributed by atoms with E-state index in [0.29, 0.717) is 12.7 Å². The first-order chi connectivity index (χ1) is 8.27. The van der Waals surface area contributed by atoms with E-state index in [1.54, 1.807) is 0 Å². The summed E-state index contributed by atoms with van der Waals surface area (Å²) >= 11 is 0. The first kappa shape index (κ1) is 13.8. The maximum Gasteiger partial charge on any atom is 0.241 e. The molecule has 0 aromatic carbocycles. The second kappa shape index (κ2) is 4.49. The molecular weight excluding hydrogens is 226 g/mol. The van der Waals surface area contributed by atoms with E-state index in [9.17, 15) is 4.79 Å². The third kappa shape index (κ3) is 2.16. The van der Waals surface area contributed by atoms with Gasteiger partial charge in [-0.1, -0.05) is 0 Å².